The average Bonchev–Trinajstić information content (AvgIpc) is 3.41. The Morgan fingerprint density at radius 3 is 2.49 bits per heavy atom. The molecule has 0 saturated carbocycles. The standard InChI is InChI=1S/C32H36N4O5/c1-6-29(37)36-13-12-25(18-36)35-28-16-24(22-8-10-23(11-9-22)32(40)41-7-2)15-26(21(28)5)30(38)33-17-27-19(3)14-20(4)34-31(27)39/h6,8-11,14-16,25,35H,1,7,12-13,17-18H2,2-5H3,(H,33,38)(H,34,39). The Labute approximate surface area is 239 Å². The molecule has 3 N–H and O–H groups in total. The van der Waals surface area contributed by atoms with Gasteiger partial charge in [0.15, 0.2) is 0 Å². The summed E-state index contributed by atoms with van der Waals surface area (Å²) < 4.78 is 5.09. The van der Waals surface area contributed by atoms with E-state index in [1.165, 1.54) is 6.08 Å². The van der Waals surface area contributed by atoms with Gasteiger partial charge in [-0.2, -0.15) is 0 Å². The van der Waals surface area contributed by atoms with E-state index >= 15 is 0 Å². The van der Waals surface area contributed by atoms with Crippen LogP contribution in [0, 0.1) is 20.8 Å². The number of nitrogens with zero attached hydrogens (tertiary/aromatic N) is 1. The number of pyridine rings is 1. The lowest BCUT2D eigenvalue weighted by Crippen LogP contribution is -2.31. The number of carbonyl (C=O) groups is 3. The van der Waals surface area contributed by atoms with Gasteiger partial charge in [-0.3, -0.25) is 14.4 Å². The minimum Gasteiger partial charge on any atom is -0.462 e. The summed E-state index contributed by atoms with van der Waals surface area (Å²) in [5.74, 6) is -0.820. The van der Waals surface area contributed by atoms with E-state index in [1.807, 2.05) is 51.1 Å². The van der Waals surface area contributed by atoms with E-state index in [4.69, 9.17) is 4.74 Å². The number of hydrogen-bond acceptors (Lipinski definition) is 6. The summed E-state index contributed by atoms with van der Waals surface area (Å²) in [7, 11) is 0. The van der Waals surface area contributed by atoms with E-state index in [-0.39, 0.29) is 36.6 Å². The first-order chi connectivity index (χ1) is 19.6. The molecule has 0 aliphatic carbocycles. The number of aromatic nitrogens is 1. The fraction of sp³-hybridized carbons (Fsp3) is 0.312. The van der Waals surface area contributed by atoms with Crippen LogP contribution in [0.1, 0.15) is 56.4 Å². The number of likely N-dealkylation sites (tertiary alicyclic amines) is 1. The number of esters is 1. The summed E-state index contributed by atoms with van der Waals surface area (Å²) in [5.41, 5.74) is 5.85. The van der Waals surface area contributed by atoms with Crippen LogP contribution in [0.2, 0.25) is 0 Å². The molecule has 1 fully saturated rings. The molecule has 4 rings (SSSR count). The first kappa shape index (κ1) is 29.3. The molecule has 1 atom stereocenters. The average molecular weight is 557 g/mol. The Kier molecular flexibility index (Phi) is 9.07. The second-order valence-electron chi connectivity index (χ2n) is 10.2. The van der Waals surface area contributed by atoms with Gasteiger partial charge >= 0.3 is 5.97 Å². The lowest BCUT2D eigenvalue weighted by molar-refractivity contribution is -0.125. The van der Waals surface area contributed by atoms with Gasteiger partial charge in [0.05, 0.1) is 12.2 Å². The molecule has 41 heavy (non-hydrogen) atoms. The minimum absolute atomic E-state index is 0.00344. The van der Waals surface area contributed by atoms with E-state index in [2.05, 4.69) is 22.2 Å². The predicted octanol–water partition coefficient (Wildman–Crippen LogP) is 4.27. The molecule has 3 aromatic rings. The Morgan fingerprint density at radius 1 is 1.10 bits per heavy atom. The Hall–Kier alpha value is -4.66. The second kappa shape index (κ2) is 12.7. The number of nitrogens with one attached hydrogen (secondary N) is 3. The van der Waals surface area contributed by atoms with Crippen molar-refractivity contribution in [2.24, 2.45) is 0 Å². The number of ether oxygens (including phenoxy) is 1. The maximum atomic E-state index is 13.5. The number of carbonyl (C=O) groups excluding carboxylic acids is 3. The number of benzene rings is 2. The molecule has 1 aromatic heterocycles. The Bertz CT molecular complexity index is 1540. The molecule has 1 aliphatic rings. The van der Waals surface area contributed by atoms with Gasteiger partial charge in [0.2, 0.25) is 5.91 Å². The van der Waals surface area contributed by atoms with Crippen LogP contribution in [-0.4, -0.2) is 53.4 Å². The fourth-order valence-electron chi connectivity index (χ4n) is 5.07. The van der Waals surface area contributed by atoms with E-state index in [0.29, 0.717) is 29.8 Å². The van der Waals surface area contributed by atoms with Gasteiger partial charge in [-0.05, 0) is 92.8 Å². The third-order valence-electron chi connectivity index (χ3n) is 7.34. The van der Waals surface area contributed by atoms with Gasteiger partial charge in [-0.15, -0.1) is 0 Å². The molecule has 2 aromatic carbocycles. The third-order valence-corrected chi connectivity index (χ3v) is 7.34. The molecule has 0 bridgehead atoms. The van der Waals surface area contributed by atoms with Gasteiger partial charge in [0.1, 0.15) is 0 Å². The van der Waals surface area contributed by atoms with E-state index < -0.39 is 5.97 Å². The molecule has 1 unspecified atom stereocenters. The van der Waals surface area contributed by atoms with Crippen molar-refractivity contribution in [2.75, 3.05) is 25.0 Å². The molecule has 9 heteroatoms. The van der Waals surface area contributed by atoms with Crippen molar-refractivity contribution in [3.8, 4) is 11.1 Å². The number of rotatable bonds is 9. The summed E-state index contributed by atoms with van der Waals surface area (Å²) in [4.78, 5) is 54.8. The number of aromatic amines is 1. The second-order valence-corrected chi connectivity index (χ2v) is 10.2. The van der Waals surface area contributed by atoms with Gasteiger partial charge in [0, 0.05) is 48.2 Å². The Morgan fingerprint density at radius 2 is 1.83 bits per heavy atom. The van der Waals surface area contributed by atoms with E-state index in [0.717, 1.165) is 40.1 Å². The van der Waals surface area contributed by atoms with Crippen molar-refractivity contribution in [3.05, 3.63) is 99.0 Å². The molecule has 0 spiro atoms. The molecule has 214 valence electrons. The zero-order valence-electron chi connectivity index (χ0n) is 23.9. The maximum absolute atomic E-state index is 13.5. The number of amides is 2. The zero-order chi connectivity index (χ0) is 29.7. The highest BCUT2D eigenvalue weighted by molar-refractivity contribution is 5.99. The quantitative estimate of drug-likeness (QED) is 0.267. The largest absolute Gasteiger partial charge is 0.462 e. The van der Waals surface area contributed by atoms with Crippen molar-refractivity contribution in [3.63, 3.8) is 0 Å². The van der Waals surface area contributed by atoms with Crippen LogP contribution in [0.15, 0.2) is 59.9 Å². The summed E-state index contributed by atoms with van der Waals surface area (Å²) in [6, 6.07) is 12.7. The maximum Gasteiger partial charge on any atom is 0.338 e. The van der Waals surface area contributed by atoms with Crippen LogP contribution in [0.4, 0.5) is 5.69 Å². The number of H-pyrrole nitrogens is 1. The van der Waals surface area contributed by atoms with Crippen molar-refractivity contribution < 1.29 is 19.1 Å². The smallest absolute Gasteiger partial charge is 0.338 e. The predicted molar refractivity (Wildman–Crippen MR) is 159 cm³/mol. The van der Waals surface area contributed by atoms with Crippen LogP contribution in [0.3, 0.4) is 0 Å². The molecule has 1 aliphatic heterocycles. The van der Waals surface area contributed by atoms with Crippen LogP contribution in [0.5, 0.6) is 0 Å². The van der Waals surface area contributed by atoms with Gasteiger partial charge < -0.3 is 25.3 Å². The molecule has 2 amide bonds. The lowest BCUT2D eigenvalue weighted by atomic mass is 9.96. The highest BCUT2D eigenvalue weighted by atomic mass is 16.5. The zero-order valence-corrected chi connectivity index (χ0v) is 23.9. The highest BCUT2D eigenvalue weighted by Crippen LogP contribution is 2.31. The van der Waals surface area contributed by atoms with E-state index in [9.17, 15) is 19.2 Å². The molecule has 9 nitrogen and oxygen atoms in total. The first-order valence-corrected chi connectivity index (χ1v) is 13.7. The summed E-state index contributed by atoms with van der Waals surface area (Å²) in [6.07, 6.45) is 2.08. The summed E-state index contributed by atoms with van der Waals surface area (Å²) in [5, 5.41) is 6.44. The van der Waals surface area contributed by atoms with Crippen LogP contribution in [-0.2, 0) is 16.1 Å². The third kappa shape index (κ3) is 6.74. The number of anilines is 1. The SMILES string of the molecule is C=CC(=O)N1CCC(Nc2cc(-c3ccc(C(=O)OCC)cc3)cc(C(=O)NCc3c(C)cc(C)[nH]c3=O)c2C)C1. The monoisotopic (exact) mass is 556 g/mol. The molecule has 2 heterocycles. The van der Waals surface area contributed by atoms with Crippen molar-refractivity contribution in [1.82, 2.24) is 15.2 Å². The molecule has 1 saturated heterocycles. The first-order valence-electron chi connectivity index (χ1n) is 13.7. The highest BCUT2D eigenvalue weighted by Gasteiger charge is 2.26. The number of hydrogen-bond donors (Lipinski definition) is 3. The molecule has 0 radical (unpaired) electrons. The molecular formula is C32H36N4O5. The Balaban J connectivity index is 1.66. The normalized spacial score (nSPS) is 14.4. The van der Waals surface area contributed by atoms with Crippen molar-refractivity contribution >= 4 is 23.5 Å². The minimum atomic E-state index is -0.397. The van der Waals surface area contributed by atoms with Crippen molar-refractivity contribution in [2.45, 2.75) is 46.7 Å². The van der Waals surface area contributed by atoms with Gasteiger partial charge in [0.25, 0.3) is 11.5 Å². The topological polar surface area (TPSA) is 121 Å². The summed E-state index contributed by atoms with van der Waals surface area (Å²) >= 11 is 0. The van der Waals surface area contributed by atoms with Crippen LogP contribution < -0.4 is 16.2 Å². The molecular weight excluding hydrogens is 520 g/mol. The summed E-state index contributed by atoms with van der Waals surface area (Å²) in [6.45, 7) is 12.4. The van der Waals surface area contributed by atoms with Gasteiger partial charge in [-0.1, -0.05) is 18.7 Å². The lowest BCUT2D eigenvalue weighted by Gasteiger charge is -2.20. The van der Waals surface area contributed by atoms with Crippen molar-refractivity contribution in [1.29, 1.82) is 0 Å². The fourth-order valence-corrected chi connectivity index (χ4v) is 5.07. The van der Waals surface area contributed by atoms with Crippen LogP contribution >= 0.6 is 0 Å². The van der Waals surface area contributed by atoms with Gasteiger partial charge in [-0.25, -0.2) is 4.79 Å². The van der Waals surface area contributed by atoms with Crippen LogP contribution in [0.25, 0.3) is 11.1 Å². The number of aryl methyl sites for hydroxylation is 2. The van der Waals surface area contributed by atoms with E-state index in [1.54, 1.807) is 24.0 Å².